The fourth-order valence-corrected chi connectivity index (χ4v) is 2.57. The first-order valence-electron chi connectivity index (χ1n) is 8.65. The number of halogens is 1. The molecule has 1 saturated heterocycles. The normalized spacial score (nSPS) is 19.4. The van der Waals surface area contributed by atoms with E-state index in [0.717, 1.165) is 52.2 Å². The molecule has 0 aromatic heterocycles. The Morgan fingerprint density at radius 1 is 1.25 bits per heavy atom. The van der Waals surface area contributed by atoms with Gasteiger partial charge in [0.25, 0.3) is 0 Å². The molecule has 0 aromatic rings. The monoisotopic (exact) mass is 453 g/mol. The number of ether oxygens (including phenoxy) is 1. The maximum atomic E-state index is 11.8. The topological polar surface area (TPSA) is 78.0 Å². The van der Waals surface area contributed by atoms with Gasteiger partial charge in [-0.15, -0.1) is 24.0 Å². The molecular formula is C16H32IN5O2. The van der Waals surface area contributed by atoms with Gasteiger partial charge < -0.3 is 20.7 Å². The van der Waals surface area contributed by atoms with Crippen molar-refractivity contribution in [1.29, 1.82) is 0 Å². The Kier molecular flexibility index (Phi) is 9.28. The highest BCUT2D eigenvalue weighted by Gasteiger charge is 2.28. The molecule has 2 rings (SSSR count). The van der Waals surface area contributed by atoms with E-state index in [1.54, 1.807) is 0 Å². The quantitative estimate of drug-likeness (QED) is 0.298. The van der Waals surface area contributed by atoms with E-state index in [1.165, 1.54) is 0 Å². The number of aliphatic imine (C=N–C) groups is 1. The summed E-state index contributed by atoms with van der Waals surface area (Å²) >= 11 is 0. The van der Waals surface area contributed by atoms with Gasteiger partial charge in [-0.3, -0.25) is 9.69 Å². The molecule has 140 valence electrons. The predicted molar refractivity (Wildman–Crippen MR) is 107 cm³/mol. The Balaban J connectivity index is 0.00000288. The van der Waals surface area contributed by atoms with Crippen molar-refractivity contribution in [3.63, 3.8) is 0 Å². The molecule has 0 unspecified atom stereocenters. The molecule has 24 heavy (non-hydrogen) atoms. The highest BCUT2D eigenvalue weighted by atomic mass is 127. The van der Waals surface area contributed by atoms with Crippen LogP contribution in [0.3, 0.4) is 0 Å². The Morgan fingerprint density at radius 2 is 1.92 bits per heavy atom. The summed E-state index contributed by atoms with van der Waals surface area (Å²) in [5, 5.41) is 9.51. The van der Waals surface area contributed by atoms with Crippen molar-refractivity contribution in [2.24, 2.45) is 4.99 Å². The molecule has 1 aliphatic heterocycles. The largest absolute Gasteiger partial charge is 0.379 e. The van der Waals surface area contributed by atoms with Crippen molar-refractivity contribution in [2.45, 2.75) is 45.2 Å². The van der Waals surface area contributed by atoms with Crippen molar-refractivity contribution in [2.75, 3.05) is 45.9 Å². The number of carbonyl (C=O) groups is 1. The third-order valence-corrected chi connectivity index (χ3v) is 4.22. The lowest BCUT2D eigenvalue weighted by molar-refractivity contribution is -0.119. The Bertz CT molecular complexity index is 421. The minimum absolute atomic E-state index is 0. The number of hydrogen-bond acceptors (Lipinski definition) is 4. The van der Waals surface area contributed by atoms with E-state index >= 15 is 0 Å². The molecule has 1 amide bonds. The van der Waals surface area contributed by atoms with Crippen LogP contribution in [0.2, 0.25) is 0 Å². The fraction of sp³-hybridized carbons (Fsp3) is 0.875. The van der Waals surface area contributed by atoms with Crippen LogP contribution in [0.15, 0.2) is 4.99 Å². The number of amides is 1. The van der Waals surface area contributed by atoms with Gasteiger partial charge in [0, 0.05) is 37.8 Å². The van der Waals surface area contributed by atoms with E-state index in [9.17, 15) is 4.79 Å². The minimum Gasteiger partial charge on any atom is -0.379 e. The maximum absolute atomic E-state index is 11.8. The molecule has 0 atom stereocenters. The zero-order chi connectivity index (χ0) is 16.7. The number of morpholine rings is 1. The van der Waals surface area contributed by atoms with Gasteiger partial charge in [-0.1, -0.05) is 0 Å². The highest BCUT2D eigenvalue weighted by molar-refractivity contribution is 14.0. The molecule has 8 heteroatoms. The molecule has 1 aliphatic carbocycles. The molecule has 1 heterocycles. The molecule has 0 radical (unpaired) electrons. The van der Waals surface area contributed by atoms with Crippen molar-refractivity contribution >= 4 is 35.8 Å². The molecular weight excluding hydrogens is 421 g/mol. The molecule has 0 aromatic carbocycles. The highest BCUT2D eigenvalue weighted by Crippen LogP contribution is 2.18. The molecule has 2 fully saturated rings. The number of carbonyl (C=O) groups excluding carboxylic acids is 1. The van der Waals surface area contributed by atoms with Crippen LogP contribution in [0.4, 0.5) is 0 Å². The summed E-state index contributed by atoms with van der Waals surface area (Å²) in [5.41, 5.74) is 0.0102. The van der Waals surface area contributed by atoms with E-state index < -0.39 is 0 Å². The van der Waals surface area contributed by atoms with E-state index in [2.05, 4.69) is 39.7 Å². The van der Waals surface area contributed by atoms with Gasteiger partial charge in [0.1, 0.15) is 6.54 Å². The fourth-order valence-electron chi connectivity index (χ4n) is 2.57. The first-order valence-corrected chi connectivity index (χ1v) is 8.65. The average molecular weight is 453 g/mol. The van der Waals surface area contributed by atoms with Crippen LogP contribution in [0.5, 0.6) is 0 Å². The van der Waals surface area contributed by atoms with Gasteiger partial charge >= 0.3 is 0 Å². The molecule has 0 spiro atoms. The first kappa shape index (κ1) is 21.4. The zero-order valence-electron chi connectivity index (χ0n) is 15.1. The van der Waals surface area contributed by atoms with E-state index in [-0.39, 0.29) is 42.0 Å². The van der Waals surface area contributed by atoms with Crippen molar-refractivity contribution in [3.8, 4) is 0 Å². The van der Waals surface area contributed by atoms with Gasteiger partial charge in [-0.2, -0.15) is 0 Å². The molecule has 3 N–H and O–H groups in total. The van der Waals surface area contributed by atoms with Crippen LogP contribution in [-0.2, 0) is 9.53 Å². The smallest absolute Gasteiger partial charge is 0.242 e. The van der Waals surface area contributed by atoms with Crippen LogP contribution in [0.1, 0.15) is 33.6 Å². The Morgan fingerprint density at radius 3 is 2.50 bits per heavy atom. The van der Waals surface area contributed by atoms with E-state index in [4.69, 9.17) is 4.74 Å². The van der Waals surface area contributed by atoms with Gasteiger partial charge in [0.2, 0.25) is 5.91 Å². The summed E-state index contributed by atoms with van der Waals surface area (Å²) in [7, 11) is 0. The maximum Gasteiger partial charge on any atom is 0.242 e. The average Bonchev–Trinajstić information content (AvgIpc) is 3.35. The van der Waals surface area contributed by atoms with Crippen LogP contribution in [-0.4, -0.2) is 74.3 Å². The van der Waals surface area contributed by atoms with Crippen LogP contribution >= 0.6 is 24.0 Å². The number of guanidine groups is 1. The first-order chi connectivity index (χ1) is 11.0. The number of hydrogen-bond donors (Lipinski definition) is 3. The number of rotatable bonds is 7. The van der Waals surface area contributed by atoms with Gasteiger partial charge in [-0.25, -0.2) is 4.99 Å². The van der Waals surface area contributed by atoms with Gasteiger partial charge in [-0.05, 0) is 33.6 Å². The molecule has 1 saturated carbocycles. The van der Waals surface area contributed by atoms with Crippen LogP contribution < -0.4 is 16.0 Å². The lowest BCUT2D eigenvalue weighted by Gasteiger charge is -2.41. The summed E-state index contributed by atoms with van der Waals surface area (Å²) in [6, 6.07) is 0.383. The van der Waals surface area contributed by atoms with Crippen molar-refractivity contribution in [1.82, 2.24) is 20.9 Å². The second-order valence-corrected chi connectivity index (χ2v) is 6.80. The SMILES string of the molecule is CCNC(=NCC(=O)NC1CC1)NCC(C)(C)N1CCOCC1.I. The van der Waals surface area contributed by atoms with E-state index in [1.807, 2.05) is 6.92 Å². The third kappa shape index (κ3) is 7.52. The predicted octanol–water partition coefficient (Wildman–Crippen LogP) is 0.549. The van der Waals surface area contributed by atoms with Crippen molar-refractivity contribution < 1.29 is 9.53 Å². The van der Waals surface area contributed by atoms with Crippen molar-refractivity contribution in [3.05, 3.63) is 0 Å². The second kappa shape index (κ2) is 10.4. The van der Waals surface area contributed by atoms with E-state index in [0.29, 0.717) is 12.0 Å². The zero-order valence-corrected chi connectivity index (χ0v) is 17.4. The summed E-state index contributed by atoms with van der Waals surface area (Å²) in [5.74, 6) is 0.692. The lowest BCUT2D eigenvalue weighted by atomic mass is 10.0. The van der Waals surface area contributed by atoms with Gasteiger partial charge in [0.05, 0.1) is 13.2 Å². The standard InChI is InChI=1S/C16H31N5O2.HI/c1-4-17-15(18-11-14(22)20-13-5-6-13)19-12-16(2,3)21-7-9-23-10-8-21;/h13H,4-12H2,1-3H3,(H,20,22)(H2,17,18,19);1H. The number of nitrogens with one attached hydrogen (secondary N) is 3. The molecule has 0 bridgehead atoms. The summed E-state index contributed by atoms with van der Waals surface area (Å²) in [4.78, 5) is 18.6. The summed E-state index contributed by atoms with van der Waals surface area (Å²) in [6.07, 6.45) is 2.20. The van der Waals surface area contributed by atoms with Crippen LogP contribution in [0.25, 0.3) is 0 Å². The third-order valence-electron chi connectivity index (χ3n) is 4.22. The Hall–Kier alpha value is -0.610. The number of nitrogens with zero attached hydrogens (tertiary/aromatic N) is 2. The van der Waals surface area contributed by atoms with Gasteiger partial charge in [0.15, 0.2) is 5.96 Å². The Labute approximate surface area is 162 Å². The summed E-state index contributed by atoms with van der Waals surface area (Å²) in [6.45, 7) is 11.6. The lowest BCUT2D eigenvalue weighted by Crippen LogP contribution is -2.56. The van der Waals surface area contributed by atoms with Crippen LogP contribution in [0, 0.1) is 0 Å². The molecule has 7 nitrogen and oxygen atoms in total. The second-order valence-electron chi connectivity index (χ2n) is 6.80. The minimum atomic E-state index is -0.00265. The summed E-state index contributed by atoms with van der Waals surface area (Å²) < 4.78 is 5.42. The molecule has 2 aliphatic rings.